The molecule has 0 spiro atoms. The molecule has 8 heteroatoms. The second-order valence-electron chi connectivity index (χ2n) is 7.76. The first-order valence-corrected chi connectivity index (χ1v) is 11.9. The molecule has 0 saturated carbocycles. The monoisotopic (exact) mass is 464 g/mol. The summed E-state index contributed by atoms with van der Waals surface area (Å²) < 4.78 is 0. The Kier molecular flexibility index (Phi) is 32.4. The fourth-order valence-electron chi connectivity index (χ4n) is 2.40. The molecule has 0 bridgehead atoms. The molecular formula is C24H48O8. The lowest BCUT2D eigenvalue weighted by atomic mass is 10.1. The average Bonchev–Trinajstić information content (AvgIpc) is 2.76. The second-order valence-corrected chi connectivity index (χ2v) is 7.76. The van der Waals surface area contributed by atoms with Gasteiger partial charge < -0.3 is 30.6 Å². The molecule has 32 heavy (non-hydrogen) atoms. The van der Waals surface area contributed by atoms with Crippen molar-refractivity contribution in [3.8, 4) is 0 Å². The second kappa shape index (κ2) is 29.5. The molecule has 0 heterocycles. The summed E-state index contributed by atoms with van der Waals surface area (Å²) in [6, 6.07) is 0. The van der Waals surface area contributed by atoms with Gasteiger partial charge in [-0.25, -0.2) is 4.79 Å². The Morgan fingerprint density at radius 1 is 0.719 bits per heavy atom. The molecule has 1 atom stereocenters. The Hall–Kier alpha value is -1.48. The van der Waals surface area contributed by atoms with Gasteiger partial charge in [0.15, 0.2) is 0 Å². The summed E-state index contributed by atoms with van der Waals surface area (Å²) in [7, 11) is 0. The average molecular weight is 465 g/mol. The number of aliphatic hydroxyl groups is 4. The molecule has 0 aromatic heterocycles. The van der Waals surface area contributed by atoms with Crippen LogP contribution in [0.3, 0.4) is 0 Å². The van der Waals surface area contributed by atoms with Crippen LogP contribution in [0.5, 0.6) is 0 Å². The normalized spacial score (nSPS) is 11.5. The van der Waals surface area contributed by atoms with Gasteiger partial charge in [-0.1, -0.05) is 70.4 Å². The Bertz CT molecular complexity index is 420. The standard InChI is InChI=1S/C18H34O2.C3H8O3.C3H6O3/c1-2-3-4-5-6-7-8-9-10-11-12-13-14-15-16-17-18(19)20;4-1-3(6)2-5;1-2(4)3(5)6/h9-10H,2-8,11-17H2,1H3,(H,19,20);3-6H,1-2H2;2,4H,1H3,(H,5,6). The lowest BCUT2D eigenvalue weighted by molar-refractivity contribution is -0.145. The number of hydrogen-bond donors (Lipinski definition) is 6. The first-order chi connectivity index (χ1) is 15.2. The molecule has 0 aliphatic heterocycles. The Morgan fingerprint density at radius 3 is 1.41 bits per heavy atom. The molecule has 0 aromatic carbocycles. The van der Waals surface area contributed by atoms with Crippen LogP contribution in [0.1, 0.15) is 104 Å². The summed E-state index contributed by atoms with van der Waals surface area (Å²) in [5, 5.41) is 48.3. The van der Waals surface area contributed by atoms with Crippen molar-refractivity contribution in [1.82, 2.24) is 0 Å². The van der Waals surface area contributed by atoms with E-state index in [1.54, 1.807) is 0 Å². The molecule has 0 aliphatic rings. The molecule has 0 saturated heterocycles. The number of unbranched alkanes of at least 4 members (excludes halogenated alkanes) is 11. The van der Waals surface area contributed by atoms with Crippen molar-refractivity contribution in [2.75, 3.05) is 13.2 Å². The maximum absolute atomic E-state index is 10.3. The highest BCUT2D eigenvalue weighted by Crippen LogP contribution is 2.09. The van der Waals surface area contributed by atoms with Crippen molar-refractivity contribution in [3.63, 3.8) is 0 Å². The van der Waals surface area contributed by atoms with E-state index in [1.807, 2.05) is 0 Å². The molecule has 0 fully saturated rings. The highest BCUT2D eigenvalue weighted by molar-refractivity contribution is 5.71. The maximum atomic E-state index is 10.3. The van der Waals surface area contributed by atoms with E-state index < -0.39 is 24.1 Å². The van der Waals surface area contributed by atoms with Gasteiger partial charge in [0.2, 0.25) is 0 Å². The number of allylic oxidation sites excluding steroid dienone is 2. The van der Waals surface area contributed by atoms with Gasteiger partial charge in [-0.3, -0.25) is 4.79 Å². The van der Waals surface area contributed by atoms with Crippen molar-refractivity contribution in [2.24, 2.45) is 0 Å². The van der Waals surface area contributed by atoms with E-state index >= 15 is 0 Å². The minimum atomic E-state index is -1.23. The zero-order valence-electron chi connectivity index (χ0n) is 20.1. The third-order valence-electron chi connectivity index (χ3n) is 4.43. The van der Waals surface area contributed by atoms with Gasteiger partial charge in [0.05, 0.1) is 13.2 Å². The van der Waals surface area contributed by atoms with Gasteiger partial charge in [0, 0.05) is 6.42 Å². The molecule has 1 unspecified atom stereocenters. The zero-order chi connectivity index (χ0) is 25.0. The smallest absolute Gasteiger partial charge is 0.332 e. The largest absolute Gasteiger partial charge is 0.481 e. The Balaban J connectivity index is -0.000000571. The minimum absolute atomic E-state index is 0.332. The molecular weight excluding hydrogens is 416 g/mol. The number of aliphatic hydroxyl groups excluding tert-OH is 4. The first kappa shape index (κ1) is 35.1. The highest BCUT2D eigenvalue weighted by Gasteiger charge is 2.01. The maximum Gasteiger partial charge on any atom is 0.332 e. The van der Waals surface area contributed by atoms with Crippen LogP contribution < -0.4 is 0 Å². The number of hydrogen-bond acceptors (Lipinski definition) is 6. The van der Waals surface area contributed by atoms with E-state index in [0.29, 0.717) is 6.42 Å². The molecule has 0 radical (unpaired) electrons. The van der Waals surface area contributed by atoms with Gasteiger partial charge in [-0.15, -0.1) is 0 Å². The zero-order valence-corrected chi connectivity index (χ0v) is 20.1. The van der Waals surface area contributed by atoms with Crippen LogP contribution in [0, 0.1) is 0 Å². The lowest BCUT2D eigenvalue weighted by Gasteiger charge is -1.99. The quantitative estimate of drug-likeness (QED) is 0.132. The Labute approximate surface area is 194 Å². The van der Waals surface area contributed by atoms with Crippen molar-refractivity contribution >= 4 is 11.9 Å². The van der Waals surface area contributed by atoms with Crippen LogP contribution >= 0.6 is 0 Å². The van der Waals surface area contributed by atoms with E-state index in [2.05, 4.69) is 19.1 Å². The summed E-state index contributed by atoms with van der Waals surface area (Å²) in [6.07, 6.45) is 19.1. The molecule has 0 rings (SSSR count). The predicted molar refractivity (Wildman–Crippen MR) is 127 cm³/mol. The fourth-order valence-corrected chi connectivity index (χ4v) is 2.40. The van der Waals surface area contributed by atoms with Crippen molar-refractivity contribution in [3.05, 3.63) is 12.2 Å². The molecule has 192 valence electrons. The summed E-state index contributed by atoms with van der Waals surface area (Å²) in [5.41, 5.74) is 0. The Morgan fingerprint density at radius 2 is 1.09 bits per heavy atom. The van der Waals surface area contributed by atoms with E-state index in [9.17, 15) is 9.59 Å². The number of carboxylic acid groups (broad SMARTS) is 2. The third kappa shape index (κ3) is 39.0. The van der Waals surface area contributed by atoms with Gasteiger partial charge in [-0.2, -0.15) is 0 Å². The molecule has 0 aliphatic carbocycles. The van der Waals surface area contributed by atoms with E-state index in [-0.39, 0.29) is 13.2 Å². The molecule has 6 N–H and O–H groups in total. The van der Waals surface area contributed by atoms with Gasteiger partial charge >= 0.3 is 11.9 Å². The number of carbonyl (C=O) groups is 2. The lowest BCUT2D eigenvalue weighted by Crippen LogP contribution is -2.15. The number of rotatable bonds is 18. The van der Waals surface area contributed by atoms with Crippen molar-refractivity contribution in [2.45, 2.75) is 116 Å². The van der Waals surface area contributed by atoms with Crippen molar-refractivity contribution in [1.29, 1.82) is 0 Å². The minimum Gasteiger partial charge on any atom is -0.481 e. The van der Waals surface area contributed by atoms with E-state index in [4.69, 9.17) is 30.6 Å². The predicted octanol–water partition coefficient (Wildman–Crippen LogP) is 3.89. The van der Waals surface area contributed by atoms with Gasteiger partial charge in [-0.05, 0) is 39.0 Å². The van der Waals surface area contributed by atoms with Gasteiger partial charge in [0.1, 0.15) is 12.2 Å². The summed E-state index contributed by atoms with van der Waals surface area (Å²) in [4.78, 5) is 19.8. The van der Waals surface area contributed by atoms with Crippen LogP contribution in [-0.2, 0) is 9.59 Å². The van der Waals surface area contributed by atoms with E-state index in [0.717, 1.165) is 12.8 Å². The van der Waals surface area contributed by atoms with Gasteiger partial charge in [0.25, 0.3) is 0 Å². The summed E-state index contributed by atoms with van der Waals surface area (Å²) in [6.45, 7) is 2.73. The summed E-state index contributed by atoms with van der Waals surface area (Å²) >= 11 is 0. The molecule has 0 amide bonds. The fraction of sp³-hybridized carbons (Fsp3) is 0.833. The summed E-state index contributed by atoms with van der Waals surface area (Å²) in [5.74, 6) is -1.85. The topological polar surface area (TPSA) is 156 Å². The van der Waals surface area contributed by atoms with Crippen LogP contribution in [0.2, 0.25) is 0 Å². The van der Waals surface area contributed by atoms with E-state index in [1.165, 1.54) is 77.6 Å². The third-order valence-corrected chi connectivity index (χ3v) is 4.43. The number of carboxylic acids is 2. The molecule has 8 nitrogen and oxygen atoms in total. The van der Waals surface area contributed by atoms with Crippen LogP contribution in [0.25, 0.3) is 0 Å². The number of aliphatic carboxylic acids is 2. The highest BCUT2D eigenvalue weighted by atomic mass is 16.4. The first-order valence-electron chi connectivity index (χ1n) is 11.9. The van der Waals surface area contributed by atoms with Crippen molar-refractivity contribution < 1.29 is 40.2 Å². The van der Waals surface area contributed by atoms with Crippen LogP contribution in [0.15, 0.2) is 12.2 Å². The van der Waals surface area contributed by atoms with Crippen LogP contribution in [-0.4, -0.2) is 68.0 Å². The molecule has 0 aromatic rings. The van der Waals surface area contributed by atoms with Crippen LogP contribution in [0.4, 0.5) is 0 Å². The SMILES string of the molecule is CC(O)C(=O)O.CCCCCCCCC=CCCCCCCCC(=O)O.OCC(O)CO.